The number of hydrogen-bond donors (Lipinski definition) is 1. The molecule has 142 valence electrons. The van der Waals surface area contributed by atoms with Crippen LogP contribution in [0.2, 0.25) is 0 Å². The predicted octanol–water partition coefficient (Wildman–Crippen LogP) is 3.88. The molecule has 3 heterocycles. The number of rotatable bonds is 3. The smallest absolute Gasteiger partial charge is 0.224 e. The lowest BCUT2D eigenvalue weighted by Crippen LogP contribution is -2.36. The van der Waals surface area contributed by atoms with Gasteiger partial charge in [0, 0.05) is 60.3 Å². The van der Waals surface area contributed by atoms with Gasteiger partial charge in [-0.15, -0.1) is 0 Å². The van der Waals surface area contributed by atoms with E-state index in [1.54, 1.807) is 0 Å². The molecule has 1 aliphatic rings. The maximum Gasteiger partial charge on any atom is 0.224 e. The maximum atomic E-state index is 12.8. The van der Waals surface area contributed by atoms with E-state index in [-0.39, 0.29) is 5.91 Å². The number of carbonyl (C=O) groups excluding carboxylic acids is 1. The normalized spacial score (nSPS) is 14.0. The van der Waals surface area contributed by atoms with Gasteiger partial charge in [-0.25, -0.2) is 0 Å². The van der Waals surface area contributed by atoms with Crippen LogP contribution in [0.5, 0.6) is 0 Å². The topological polar surface area (TPSA) is 53.9 Å². The molecule has 5 nitrogen and oxygen atoms in total. The number of aromatic amines is 1. The van der Waals surface area contributed by atoms with Crippen LogP contribution in [0, 0.1) is 34.6 Å². The van der Waals surface area contributed by atoms with Gasteiger partial charge in [-0.05, 0) is 51.3 Å². The first kappa shape index (κ1) is 17.8. The number of fused-ring (bicyclic) bond motifs is 3. The van der Waals surface area contributed by atoms with Crippen LogP contribution in [-0.4, -0.2) is 32.1 Å². The number of benzene rings is 1. The first-order valence-corrected chi connectivity index (χ1v) is 9.74. The van der Waals surface area contributed by atoms with Crippen LogP contribution in [0.1, 0.15) is 45.8 Å². The molecule has 0 atom stereocenters. The molecule has 3 aromatic rings. The van der Waals surface area contributed by atoms with Crippen LogP contribution in [0.4, 0.5) is 0 Å². The minimum Gasteiger partial charge on any atom is -0.358 e. The Morgan fingerprint density at radius 1 is 1.15 bits per heavy atom. The molecular formula is C22H28N4O. The number of nitrogens with one attached hydrogen (secondary N) is 1. The van der Waals surface area contributed by atoms with Crippen molar-refractivity contribution in [2.75, 3.05) is 6.54 Å². The van der Waals surface area contributed by atoms with E-state index in [9.17, 15) is 4.79 Å². The monoisotopic (exact) mass is 364 g/mol. The highest BCUT2D eigenvalue weighted by molar-refractivity contribution is 5.89. The van der Waals surface area contributed by atoms with Gasteiger partial charge in [0.25, 0.3) is 0 Å². The number of hydrogen-bond acceptors (Lipinski definition) is 2. The zero-order valence-corrected chi connectivity index (χ0v) is 16.9. The SMILES string of the molecule is Cc1ccc2c3c([nH]c2c1C)CCN(C(=O)CCn1nc(C)c(C)c1C)C3. The van der Waals surface area contributed by atoms with E-state index < -0.39 is 0 Å². The molecule has 0 saturated heterocycles. The first-order chi connectivity index (χ1) is 12.9. The Hall–Kier alpha value is -2.56. The number of nitrogens with zero attached hydrogens (tertiary/aromatic N) is 3. The van der Waals surface area contributed by atoms with Gasteiger partial charge in [-0.2, -0.15) is 5.10 Å². The number of aromatic nitrogens is 3. The molecule has 4 rings (SSSR count). The van der Waals surface area contributed by atoms with Crippen molar-refractivity contribution in [1.82, 2.24) is 19.7 Å². The Morgan fingerprint density at radius 3 is 2.63 bits per heavy atom. The fourth-order valence-electron chi connectivity index (χ4n) is 4.10. The van der Waals surface area contributed by atoms with Crippen molar-refractivity contribution < 1.29 is 4.79 Å². The van der Waals surface area contributed by atoms with Gasteiger partial charge in [0.05, 0.1) is 5.69 Å². The van der Waals surface area contributed by atoms with Crippen molar-refractivity contribution in [2.45, 2.75) is 60.5 Å². The molecule has 1 N–H and O–H groups in total. The fraction of sp³-hybridized carbons (Fsp3) is 0.455. The van der Waals surface area contributed by atoms with E-state index in [2.05, 4.69) is 49.9 Å². The van der Waals surface area contributed by atoms with E-state index in [1.165, 1.54) is 38.9 Å². The molecule has 0 aliphatic carbocycles. The summed E-state index contributed by atoms with van der Waals surface area (Å²) in [5, 5.41) is 5.82. The van der Waals surface area contributed by atoms with Gasteiger partial charge in [0.2, 0.25) is 5.91 Å². The van der Waals surface area contributed by atoms with E-state index in [4.69, 9.17) is 0 Å². The van der Waals surface area contributed by atoms with Crippen LogP contribution in [0.15, 0.2) is 12.1 Å². The van der Waals surface area contributed by atoms with Crippen LogP contribution in [0.25, 0.3) is 10.9 Å². The van der Waals surface area contributed by atoms with Crippen molar-refractivity contribution in [2.24, 2.45) is 0 Å². The lowest BCUT2D eigenvalue weighted by Gasteiger charge is -2.27. The molecule has 1 amide bonds. The van der Waals surface area contributed by atoms with E-state index in [0.29, 0.717) is 19.5 Å². The lowest BCUT2D eigenvalue weighted by atomic mass is 10.0. The predicted molar refractivity (Wildman–Crippen MR) is 108 cm³/mol. The van der Waals surface area contributed by atoms with Crippen molar-refractivity contribution in [3.63, 3.8) is 0 Å². The van der Waals surface area contributed by atoms with Gasteiger partial charge in [0.1, 0.15) is 0 Å². The maximum absolute atomic E-state index is 12.8. The Bertz CT molecular complexity index is 1040. The van der Waals surface area contributed by atoms with Gasteiger partial charge >= 0.3 is 0 Å². The standard InChI is InChI=1S/C22H28N4O/c1-13-6-7-18-19-12-25(10-8-20(19)23-22(18)14(13)2)21(27)9-11-26-17(5)15(3)16(4)24-26/h6-7,23H,8-12H2,1-5H3. The second kappa shape index (κ2) is 6.55. The zero-order chi connectivity index (χ0) is 19.3. The molecule has 0 bridgehead atoms. The summed E-state index contributed by atoms with van der Waals surface area (Å²) in [4.78, 5) is 18.4. The Labute approximate surface area is 160 Å². The third-order valence-electron chi connectivity index (χ3n) is 6.32. The highest BCUT2D eigenvalue weighted by atomic mass is 16.2. The molecule has 0 radical (unpaired) electrons. The summed E-state index contributed by atoms with van der Waals surface area (Å²) in [6.07, 6.45) is 1.39. The number of carbonyl (C=O) groups is 1. The number of H-pyrrole nitrogens is 1. The van der Waals surface area contributed by atoms with Crippen LogP contribution in [-0.2, 0) is 24.3 Å². The van der Waals surface area contributed by atoms with Gasteiger partial charge in [0.15, 0.2) is 0 Å². The second-order valence-corrected chi connectivity index (χ2v) is 7.85. The molecule has 0 fully saturated rings. The number of aryl methyl sites for hydroxylation is 4. The molecule has 0 saturated carbocycles. The van der Waals surface area contributed by atoms with Crippen LogP contribution < -0.4 is 0 Å². The van der Waals surface area contributed by atoms with Crippen molar-refractivity contribution in [1.29, 1.82) is 0 Å². The third-order valence-corrected chi connectivity index (χ3v) is 6.32. The van der Waals surface area contributed by atoms with Crippen LogP contribution >= 0.6 is 0 Å². The van der Waals surface area contributed by atoms with E-state index in [1.807, 2.05) is 16.5 Å². The summed E-state index contributed by atoms with van der Waals surface area (Å²) in [6.45, 7) is 12.6. The summed E-state index contributed by atoms with van der Waals surface area (Å²) in [5.74, 6) is 0.212. The minimum atomic E-state index is 0.212. The van der Waals surface area contributed by atoms with Gasteiger partial charge in [-0.3, -0.25) is 9.48 Å². The highest BCUT2D eigenvalue weighted by Crippen LogP contribution is 2.31. The van der Waals surface area contributed by atoms with E-state index in [0.717, 1.165) is 24.4 Å². The van der Waals surface area contributed by atoms with Crippen LogP contribution in [0.3, 0.4) is 0 Å². The van der Waals surface area contributed by atoms with Crippen molar-refractivity contribution in [3.05, 3.63) is 51.5 Å². The lowest BCUT2D eigenvalue weighted by molar-refractivity contribution is -0.132. The molecule has 1 aliphatic heterocycles. The van der Waals surface area contributed by atoms with Gasteiger partial charge in [-0.1, -0.05) is 12.1 Å². The Balaban J connectivity index is 1.51. The molecule has 27 heavy (non-hydrogen) atoms. The quantitative estimate of drug-likeness (QED) is 0.767. The Kier molecular flexibility index (Phi) is 4.33. The summed E-state index contributed by atoms with van der Waals surface area (Å²) in [5.41, 5.74) is 9.83. The molecule has 1 aromatic carbocycles. The summed E-state index contributed by atoms with van der Waals surface area (Å²) >= 11 is 0. The number of amides is 1. The first-order valence-electron chi connectivity index (χ1n) is 9.74. The third kappa shape index (κ3) is 2.95. The summed E-state index contributed by atoms with van der Waals surface area (Å²) in [7, 11) is 0. The average molecular weight is 364 g/mol. The molecular weight excluding hydrogens is 336 g/mol. The highest BCUT2D eigenvalue weighted by Gasteiger charge is 2.24. The van der Waals surface area contributed by atoms with Crippen molar-refractivity contribution >= 4 is 16.8 Å². The fourth-order valence-corrected chi connectivity index (χ4v) is 4.10. The van der Waals surface area contributed by atoms with Gasteiger partial charge < -0.3 is 9.88 Å². The zero-order valence-electron chi connectivity index (χ0n) is 16.9. The van der Waals surface area contributed by atoms with E-state index >= 15 is 0 Å². The van der Waals surface area contributed by atoms with Crippen molar-refractivity contribution in [3.8, 4) is 0 Å². The summed E-state index contributed by atoms with van der Waals surface area (Å²) in [6, 6.07) is 4.37. The Morgan fingerprint density at radius 2 is 1.93 bits per heavy atom. The molecule has 2 aromatic heterocycles. The molecule has 5 heteroatoms. The molecule has 0 unspecified atom stereocenters. The average Bonchev–Trinajstić information content (AvgIpc) is 3.15. The summed E-state index contributed by atoms with van der Waals surface area (Å²) < 4.78 is 1.97. The molecule has 0 spiro atoms. The second-order valence-electron chi connectivity index (χ2n) is 7.85. The largest absolute Gasteiger partial charge is 0.358 e. The minimum absolute atomic E-state index is 0.212.